The molecule has 1 aromatic rings. The third-order valence-corrected chi connectivity index (χ3v) is 3.74. The number of rotatable bonds is 8. The maximum atomic E-state index is 12.1. The van der Waals surface area contributed by atoms with E-state index in [0.29, 0.717) is 6.42 Å². The van der Waals surface area contributed by atoms with Crippen LogP contribution in [0.3, 0.4) is 0 Å². The number of ketones is 1. The van der Waals surface area contributed by atoms with E-state index in [1.807, 2.05) is 25.1 Å². The van der Waals surface area contributed by atoms with Gasteiger partial charge in [0, 0.05) is 16.5 Å². The molecule has 18 heavy (non-hydrogen) atoms. The fourth-order valence-electron chi connectivity index (χ4n) is 2.14. The Morgan fingerprint density at radius 1 is 1.11 bits per heavy atom. The molecule has 0 spiro atoms. The average molecular weight is 311 g/mol. The van der Waals surface area contributed by atoms with Crippen LogP contribution in [0.1, 0.15) is 67.8 Å². The van der Waals surface area contributed by atoms with E-state index in [4.69, 9.17) is 0 Å². The van der Waals surface area contributed by atoms with Crippen molar-refractivity contribution in [3.63, 3.8) is 0 Å². The van der Waals surface area contributed by atoms with E-state index in [9.17, 15) is 4.79 Å². The van der Waals surface area contributed by atoms with Crippen LogP contribution in [0.2, 0.25) is 0 Å². The second-order valence-electron chi connectivity index (χ2n) is 4.90. The Labute approximate surface area is 119 Å². The maximum Gasteiger partial charge on any atom is 0.163 e. The van der Waals surface area contributed by atoms with Crippen molar-refractivity contribution in [3.8, 4) is 0 Å². The lowest BCUT2D eigenvalue weighted by Gasteiger charge is -2.05. The molecular formula is C16H23BrO. The van der Waals surface area contributed by atoms with E-state index < -0.39 is 0 Å². The predicted molar refractivity (Wildman–Crippen MR) is 81.2 cm³/mol. The topological polar surface area (TPSA) is 17.1 Å². The first kappa shape index (κ1) is 15.4. The summed E-state index contributed by atoms with van der Waals surface area (Å²) in [5.74, 6) is 0.287. The Kier molecular flexibility index (Phi) is 7.26. The minimum absolute atomic E-state index is 0.287. The molecule has 0 amide bonds. The van der Waals surface area contributed by atoms with Gasteiger partial charge >= 0.3 is 0 Å². The number of hydrogen-bond donors (Lipinski definition) is 0. The van der Waals surface area contributed by atoms with Crippen molar-refractivity contribution in [2.24, 2.45) is 0 Å². The molecule has 0 unspecified atom stereocenters. The number of carbonyl (C=O) groups is 1. The van der Waals surface area contributed by atoms with E-state index >= 15 is 0 Å². The molecule has 0 aliphatic heterocycles. The van der Waals surface area contributed by atoms with Crippen LogP contribution in [0.4, 0.5) is 0 Å². The fourth-order valence-corrected chi connectivity index (χ4v) is 2.62. The highest BCUT2D eigenvalue weighted by Crippen LogP contribution is 2.18. The first-order valence-electron chi connectivity index (χ1n) is 6.94. The van der Waals surface area contributed by atoms with Crippen LogP contribution in [-0.2, 0) is 0 Å². The molecule has 1 nitrogen and oxygen atoms in total. The fraction of sp³-hybridized carbons (Fsp3) is 0.562. The zero-order valence-corrected chi connectivity index (χ0v) is 13.1. The molecule has 0 saturated heterocycles. The Morgan fingerprint density at radius 3 is 2.44 bits per heavy atom. The number of halogens is 1. The van der Waals surface area contributed by atoms with Gasteiger partial charge in [-0.15, -0.1) is 0 Å². The van der Waals surface area contributed by atoms with E-state index in [-0.39, 0.29) is 5.78 Å². The summed E-state index contributed by atoms with van der Waals surface area (Å²) in [6.07, 6.45) is 8.06. The van der Waals surface area contributed by atoms with Crippen molar-refractivity contribution in [1.82, 2.24) is 0 Å². The minimum Gasteiger partial charge on any atom is -0.294 e. The van der Waals surface area contributed by atoms with Gasteiger partial charge in [-0.05, 0) is 31.0 Å². The standard InChI is InChI=1S/C16H23BrO/c1-3-4-5-6-7-8-9-16(18)15-11-10-14(17)12-13(15)2/h10-12H,3-9H2,1-2H3. The molecule has 0 atom stereocenters. The number of Topliss-reactive ketones (excluding diaryl/α,β-unsaturated/α-hetero) is 1. The van der Waals surface area contributed by atoms with E-state index in [1.54, 1.807) is 0 Å². The molecule has 0 N–H and O–H groups in total. The van der Waals surface area contributed by atoms with Gasteiger partial charge in [0.1, 0.15) is 0 Å². The first-order valence-corrected chi connectivity index (χ1v) is 7.73. The quantitative estimate of drug-likeness (QED) is 0.445. The van der Waals surface area contributed by atoms with Crippen LogP contribution in [-0.4, -0.2) is 5.78 Å². The van der Waals surface area contributed by atoms with Gasteiger partial charge < -0.3 is 0 Å². The Bertz CT molecular complexity index is 385. The van der Waals surface area contributed by atoms with Crippen LogP contribution in [0, 0.1) is 6.92 Å². The van der Waals surface area contributed by atoms with Crippen LogP contribution in [0.25, 0.3) is 0 Å². The average Bonchev–Trinajstić information content (AvgIpc) is 2.33. The summed E-state index contributed by atoms with van der Waals surface area (Å²) in [7, 11) is 0. The summed E-state index contributed by atoms with van der Waals surface area (Å²) in [6, 6.07) is 5.88. The molecule has 1 rings (SSSR count). The van der Waals surface area contributed by atoms with E-state index in [1.165, 1.54) is 32.1 Å². The monoisotopic (exact) mass is 310 g/mol. The predicted octanol–water partition coefficient (Wildman–Crippen LogP) is 5.69. The summed E-state index contributed by atoms with van der Waals surface area (Å²) in [5.41, 5.74) is 1.95. The lowest BCUT2D eigenvalue weighted by Crippen LogP contribution is -2.01. The zero-order valence-electron chi connectivity index (χ0n) is 11.5. The molecule has 0 saturated carbocycles. The van der Waals surface area contributed by atoms with Gasteiger partial charge in [-0.3, -0.25) is 4.79 Å². The molecule has 0 aliphatic carbocycles. The summed E-state index contributed by atoms with van der Waals surface area (Å²) in [5, 5.41) is 0. The van der Waals surface area contributed by atoms with Gasteiger partial charge in [-0.25, -0.2) is 0 Å². The number of hydrogen-bond acceptors (Lipinski definition) is 1. The third kappa shape index (κ3) is 5.34. The molecule has 0 fully saturated rings. The molecule has 0 aromatic heterocycles. The van der Waals surface area contributed by atoms with Crippen molar-refractivity contribution >= 4 is 21.7 Å². The van der Waals surface area contributed by atoms with Crippen LogP contribution < -0.4 is 0 Å². The molecule has 2 heteroatoms. The van der Waals surface area contributed by atoms with E-state index in [2.05, 4.69) is 22.9 Å². The third-order valence-electron chi connectivity index (χ3n) is 3.25. The summed E-state index contributed by atoms with van der Waals surface area (Å²) in [6.45, 7) is 4.22. The SMILES string of the molecule is CCCCCCCCC(=O)c1ccc(Br)cc1C. The number of benzene rings is 1. The largest absolute Gasteiger partial charge is 0.294 e. The van der Waals surface area contributed by atoms with Gasteiger partial charge in [-0.2, -0.15) is 0 Å². The lowest BCUT2D eigenvalue weighted by atomic mass is 10.00. The lowest BCUT2D eigenvalue weighted by molar-refractivity contribution is 0.0978. The molecule has 0 aliphatic rings. The van der Waals surface area contributed by atoms with Crippen molar-refractivity contribution in [2.45, 2.75) is 58.8 Å². The summed E-state index contributed by atoms with van der Waals surface area (Å²) in [4.78, 5) is 12.1. The highest BCUT2D eigenvalue weighted by Gasteiger charge is 2.08. The number of aryl methyl sites for hydroxylation is 1. The zero-order chi connectivity index (χ0) is 13.4. The van der Waals surface area contributed by atoms with Crippen LogP contribution in [0.15, 0.2) is 22.7 Å². The maximum absolute atomic E-state index is 12.1. The van der Waals surface area contributed by atoms with Crippen LogP contribution >= 0.6 is 15.9 Å². The molecule has 0 radical (unpaired) electrons. The highest BCUT2D eigenvalue weighted by atomic mass is 79.9. The number of carbonyl (C=O) groups excluding carboxylic acids is 1. The Morgan fingerprint density at radius 2 is 1.78 bits per heavy atom. The van der Waals surface area contributed by atoms with Gasteiger partial charge in [0.25, 0.3) is 0 Å². The smallest absolute Gasteiger partial charge is 0.163 e. The normalized spacial score (nSPS) is 10.6. The number of unbranched alkanes of at least 4 members (excludes halogenated alkanes) is 5. The van der Waals surface area contributed by atoms with Crippen molar-refractivity contribution < 1.29 is 4.79 Å². The highest BCUT2D eigenvalue weighted by molar-refractivity contribution is 9.10. The molecular weight excluding hydrogens is 288 g/mol. The molecule has 100 valence electrons. The van der Waals surface area contributed by atoms with E-state index in [0.717, 1.165) is 22.0 Å². The minimum atomic E-state index is 0.287. The summed E-state index contributed by atoms with van der Waals surface area (Å²) < 4.78 is 1.04. The van der Waals surface area contributed by atoms with Gasteiger partial charge in [-0.1, -0.05) is 61.0 Å². The second kappa shape index (κ2) is 8.47. The van der Waals surface area contributed by atoms with Crippen molar-refractivity contribution in [3.05, 3.63) is 33.8 Å². The molecule has 1 aromatic carbocycles. The summed E-state index contributed by atoms with van der Waals surface area (Å²) >= 11 is 3.42. The second-order valence-corrected chi connectivity index (χ2v) is 5.82. The Hall–Kier alpha value is -0.630. The van der Waals surface area contributed by atoms with Crippen molar-refractivity contribution in [1.29, 1.82) is 0 Å². The molecule has 0 bridgehead atoms. The van der Waals surface area contributed by atoms with Gasteiger partial charge in [0.2, 0.25) is 0 Å². The Balaban J connectivity index is 2.32. The molecule has 0 heterocycles. The van der Waals surface area contributed by atoms with Gasteiger partial charge in [0.05, 0.1) is 0 Å². The van der Waals surface area contributed by atoms with Gasteiger partial charge in [0.15, 0.2) is 5.78 Å². The van der Waals surface area contributed by atoms with Crippen molar-refractivity contribution in [2.75, 3.05) is 0 Å². The van der Waals surface area contributed by atoms with Crippen LogP contribution in [0.5, 0.6) is 0 Å². The first-order chi connectivity index (χ1) is 8.65.